The van der Waals surface area contributed by atoms with Crippen LogP contribution >= 0.6 is 0 Å². The zero-order chi connectivity index (χ0) is 23.0. The fraction of sp³-hybridized carbons (Fsp3) is 0.222. The van der Waals surface area contributed by atoms with E-state index in [1.54, 1.807) is 29.2 Å². The van der Waals surface area contributed by atoms with Gasteiger partial charge in [0.25, 0.3) is 5.91 Å². The van der Waals surface area contributed by atoms with Crippen LogP contribution in [0.5, 0.6) is 0 Å². The fourth-order valence-electron chi connectivity index (χ4n) is 3.92. The van der Waals surface area contributed by atoms with Crippen molar-refractivity contribution in [1.82, 2.24) is 10.6 Å². The molecule has 168 valence electrons. The molecule has 6 heteroatoms. The highest BCUT2D eigenvalue weighted by Crippen LogP contribution is 2.21. The first-order chi connectivity index (χ1) is 16.1. The summed E-state index contributed by atoms with van der Waals surface area (Å²) >= 11 is 0. The molecule has 0 saturated carbocycles. The maximum Gasteiger partial charge on any atom is 0.251 e. The van der Waals surface area contributed by atoms with Crippen molar-refractivity contribution in [3.05, 3.63) is 102 Å². The van der Waals surface area contributed by atoms with Crippen molar-refractivity contribution in [3.63, 3.8) is 0 Å². The van der Waals surface area contributed by atoms with Gasteiger partial charge in [-0.3, -0.25) is 14.4 Å². The van der Waals surface area contributed by atoms with Crippen LogP contribution in [0.2, 0.25) is 0 Å². The maximum atomic E-state index is 13.0. The molecule has 1 fully saturated rings. The molecule has 0 bridgehead atoms. The summed E-state index contributed by atoms with van der Waals surface area (Å²) in [5.41, 5.74) is 3.28. The predicted octanol–water partition coefficient (Wildman–Crippen LogP) is 3.47. The zero-order valence-corrected chi connectivity index (χ0v) is 18.4. The molecule has 2 N–H and O–H groups in total. The predicted molar refractivity (Wildman–Crippen MR) is 128 cm³/mol. The summed E-state index contributed by atoms with van der Waals surface area (Å²) < 4.78 is 0. The Morgan fingerprint density at radius 1 is 0.848 bits per heavy atom. The van der Waals surface area contributed by atoms with Gasteiger partial charge in [0.05, 0.1) is 0 Å². The van der Waals surface area contributed by atoms with E-state index in [1.165, 1.54) is 0 Å². The quantitative estimate of drug-likeness (QED) is 0.562. The SMILES string of the molecule is O=C(NC(Cc1ccccc1)C(=O)NCc1ccc(N2CCCC2=O)cc1)c1ccccc1. The van der Waals surface area contributed by atoms with Crippen LogP contribution in [0.25, 0.3) is 0 Å². The first-order valence-electron chi connectivity index (χ1n) is 11.2. The highest BCUT2D eigenvalue weighted by Gasteiger charge is 2.23. The van der Waals surface area contributed by atoms with Crippen molar-refractivity contribution in [1.29, 1.82) is 0 Å². The van der Waals surface area contributed by atoms with E-state index in [-0.39, 0.29) is 17.7 Å². The van der Waals surface area contributed by atoms with Gasteiger partial charge in [-0.2, -0.15) is 0 Å². The molecule has 1 unspecified atom stereocenters. The first kappa shape index (κ1) is 22.3. The van der Waals surface area contributed by atoms with Crippen LogP contribution in [0.1, 0.15) is 34.3 Å². The van der Waals surface area contributed by atoms with E-state index in [1.807, 2.05) is 60.7 Å². The molecule has 0 spiro atoms. The smallest absolute Gasteiger partial charge is 0.251 e. The summed E-state index contributed by atoms with van der Waals surface area (Å²) in [7, 11) is 0. The lowest BCUT2D eigenvalue weighted by molar-refractivity contribution is -0.123. The van der Waals surface area contributed by atoms with E-state index in [2.05, 4.69) is 10.6 Å². The maximum absolute atomic E-state index is 13.0. The Kier molecular flexibility index (Phi) is 7.15. The van der Waals surface area contributed by atoms with Gasteiger partial charge in [0, 0.05) is 37.2 Å². The molecule has 1 saturated heterocycles. The minimum absolute atomic E-state index is 0.147. The van der Waals surface area contributed by atoms with E-state index in [9.17, 15) is 14.4 Å². The molecule has 1 heterocycles. The van der Waals surface area contributed by atoms with E-state index in [0.29, 0.717) is 24.9 Å². The van der Waals surface area contributed by atoms with E-state index >= 15 is 0 Å². The van der Waals surface area contributed by atoms with Crippen LogP contribution in [0, 0.1) is 0 Å². The van der Waals surface area contributed by atoms with Gasteiger partial charge in [0.15, 0.2) is 0 Å². The average Bonchev–Trinajstić information content (AvgIpc) is 3.29. The third kappa shape index (κ3) is 5.86. The number of amides is 3. The second kappa shape index (κ2) is 10.6. The summed E-state index contributed by atoms with van der Waals surface area (Å²) in [6.07, 6.45) is 1.87. The molecule has 0 radical (unpaired) electrons. The fourth-order valence-corrected chi connectivity index (χ4v) is 3.92. The Morgan fingerprint density at radius 2 is 1.52 bits per heavy atom. The third-order valence-electron chi connectivity index (χ3n) is 5.73. The molecule has 3 aromatic rings. The normalized spacial score (nSPS) is 14.1. The summed E-state index contributed by atoms with van der Waals surface area (Å²) in [5, 5.41) is 5.81. The molecular weight excluding hydrogens is 414 g/mol. The van der Waals surface area contributed by atoms with Gasteiger partial charge in [0.2, 0.25) is 11.8 Å². The highest BCUT2D eigenvalue weighted by atomic mass is 16.2. The molecule has 6 nitrogen and oxygen atoms in total. The number of hydrogen-bond acceptors (Lipinski definition) is 3. The molecule has 1 aliphatic rings. The van der Waals surface area contributed by atoms with Crippen molar-refractivity contribution in [2.24, 2.45) is 0 Å². The monoisotopic (exact) mass is 441 g/mol. The number of carbonyl (C=O) groups is 3. The Morgan fingerprint density at radius 3 is 2.15 bits per heavy atom. The van der Waals surface area contributed by atoms with Crippen LogP contribution < -0.4 is 15.5 Å². The van der Waals surface area contributed by atoms with Crippen molar-refractivity contribution >= 4 is 23.4 Å². The van der Waals surface area contributed by atoms with Gasteiger partial charge in [-0.15, -0.1) is 0 Å². The molecular formula is C27H27N3O3. The summed E-state index contributed by atoms with van der Waals surface area (Å²) in [6, 6.07) is 25.4. The minimum atomic E-state index is -0.707. The van der Waals surface area contributed by atoms with Gasteiger partial charge in [-0.1, -0.05) is 60.7 Å². The average molecular weight is 442 g/mol. The molecule has 33 heavy (non-hydrogen) atoms. The lowest BCUT2D eigenvalue weighted by atomic mass is 10.0. The van der Waals surface area contributed by atoms with Crippen molar-refractivity contribution < 1.29 is 14.4 Å². The lowest BCUT2D eigenvalue weighted by Crippen LogP contribution is -2.47. The molecule has 0 aliphatic carbocycles. The van der Waals surface area contributed by atoms with E-state index < -0.39 is 6.04 Å². The molecule has 3 amide bonds. The number of carbonyl (C=O) groups excluding carboxylic acids is 3. The second-order valence-electron chi connectivity index (χ2n) is 8.11. The van der Waals surface area contributed by atoms with Gasteiger partial charge >= 0.3 is 0 Å². The number of rotatable bonds is 8. The topological polar surface area (TPSA) is 78.5 Å². The van der Waals surface area contributed by atoms with Crippen LogP contribution in [0.3, 0.4) is 0 Å². The van der Waals surface area contributed by atoms with E-state index in [4.69, 9.17) is 0 Å². The lowest BCUT2D eigenvalue weighted by Gasteiger charge is -2.19. The van der Waals surface area contributed by atoms with Crippen LogP contribution in [0.15, 0.2) is 84.9 Å². The van der Waals surface area contributed by atoms with Crippen LogP contribution in [0.4, 0.5) is 5.69 Å². The second-order valence-corrected chi connectivity index (χ2v) is 8.11. The summed E-state index contributed by atoms with van der Waals surface area (Å²) in [4.78, 5) is 39.4. The highest BCUT2D eigenvalue weighted by molar-refractivity contribution is 5.97. The van der Waals surface area contributed by atoms with Crippen molar-refractivity contribution in [2.45, 2.75) is 31.8 Å². The van der Waals surface area contributed by atoms with Crippen LogP contribution in [-0.2, 0) is 22.6 Å². The third-order valence-corrected chi connectivity index (χ3v) is 5.73. The molecule has 3 aromatic carbocycles. The van der Waals surface area contributed by atoms with Gasteiger partial charge < -0.3 is 15.5 Å². The number of hydrogen-bond donors (Lipinski definition) is 2. The van der Waals surface area contributed by atoms with E-state index in [0.717, 1.165) is 29.8 Å². The minimum Gasteiger partial charge on any atom is -0.350 e. The largest absolute Gasteiger partial charge is 0.350 e. The van der Waals surface area contributed by atoms with Crippen molar-refractivity contribution in [2.75, 3.05) is 11.4 Å². The summed E-state index contributed by atoms with van der Waals surface area (Å²) in [5.74, 6) is -0.387. The standard InChI is InChI=1S/C27H27N3O3/c31-25-12-7-17-30(25)23-15-13-21(14-16-23)19-28-27(33)24(18-20-8-3-1-4-9-20)29-26(32)22-10-5-2-6-11-22/h1-6,8-11,13-16,24H,7,12,17-19H2,(H,28,33)(H,29,32). The Bertz CT molecular complexity index is 1100. The molecule has 1 atom stereocenters. The number of nitrogens with one attached hydrogen (secondary N) is 2. The number of nitrogens with zero attached hydrogens (tertiary/aromatic N) is 1. The number of anilines is 1. The van der Waals surface area contributed by atoms with Crippen LogP contribution in [-0.4, -0.2) is 30.3 Å². The molecule has 0 aromatic heterocycles. The van der Waals surface area contributed by atoms with Crippen molar-refractivity contribution in [3.8, 4) is 0 Å². The molecule has 1 aliphatic heterocycles. The molecule has 4 rings (SSSR count). The Hall–Kier alpha value is -3.93. The Labute approximate surface area is 193 Å². The zero-order valence-electron chi connectivity index (χ0n) is 18.4. The summed E-state index contributed by atoms with van der Waals surface area (Å²) in [6.45, 7) is 1.08. The first-order valence-corrected chi connectivity index (χ1v) is 11.2. The number of benzene rings is 3. The van der Waals surface area contributed by atoms with Gasteiger partial charge in [-0.05, 0) is 41.8 Å². The van der Waals surface area contributed by atoms with Gasteiger partial charge in [0.1, 0.15) is 6.04 Å². The van der Waals surface area contributed by atoms with Gasteiger partial charge in [-0.25, -0.2) is 0 Å². The Balaban J connectivity index is 1.41.